The van der Waals surface area contributed by atoms with Crippen molar-refractivity contribution in [2.24, 2.45) is 0 Å². The Morgan fingerprint density at radius 2 is 1.89 bits per heavy atom. The molecule has 0 fully saturated rings. The molecule has 0 bridgehead atoms. The van der Waals surface area contributed by atoms with Crippen molar-refractivity contribution in [1.29, 1.82) is 0 Å². The molecule has 0 aliphatic rings. The van der Waals surface area contributed by atoms with E-state index < -0.39 is 5.97 Å². The fourth-order valence-electron chi connectivity index (χ4n) is 1.54. The van der Waals surface area contributed by atoms with Gasteiger partial charge < -0.3 is 15.3 Å². The molecule has 0 radical (unpaired) electrons. The summed E-state index contributed by atoms with van der Waals surface area (Å²) in [5.74, 6) is -0.934. The summed E-state index contributed by atoms with van der Waals surface area (Å²) >= 11 is 0. The van der Waals surface area contributed by atoms with E-state index in [1.54, 1.807) is 4.90 Å². The van der Waals surface area contributed by atoms with Gasteiger partial charge in [0.1, 0.15) is 0 Å². The zero-order chi connectivity index (χ0) is 14.3. The molecule has 1 amide bonds. The molecule has 1 unspecified atom stereocenters. The monoisotopic (exact) mass is 258 g/mol. The number of aliphatic carboxylic acids is 1. The Hall–Kier alpha value is -1.10. The van der Waals surface area contributed by atoms with Gasteiger partial charge in [-0.1, -0.05) is 6.92 Å². The summed E-state index contributed by atoms with van der Waals surface area (Å²) in [6, 6.07) is 0.287. The van der Waals surface area contributed by atoms with Gasteiger partial charge in [-0.25, -0.2) is 0 Å². The van der Waals surface area contributed by atoms with Crippen LogP contribution in [0.2, 0.25) is 0 Å². The molecule has 0 aromatic carbocycles. The van der Waals surface area contributed by atoms with Crippen LogP contribution >= 0.6 is 0 Å². The van der Waals surface area contributed by atoms with Crippen molar-refractivity contribution in [2.45, 2.75) is 59.0 Å². The Morgan fingerprint density at radius 1 is 1.33 bits per heavy atom. The van der Waals surface area contributed by atoms with Gasteiger partial charge in [0.05, 0.1) is 13.0 Å². The van der Waals surface area contributed by atoms with Crippen molar-refractivity contribution >= 4 is 11.9 Å². The number of hydrogen-bond acceptors (Lipinski definition) is 3. The van der Waals surface area contributed by atoms with Crippen LogP contribution in [-0.2, 0) is 9.59 Å². The minimum absolute atomic E-state index is 0.0215. The van der Waals surface area contributed by atoms with Gasteiger partial charge in [0.25, 0.3) is 0 Å². The molecule has 0 aliphatic heterocycles. The van der Waals surface area contributed by atoms with Gasteiger partial charge in [-0.3, -0.25) is 9.59 Å². The Bertz CT molecular complexity index is 284. The summed E-state index contributed by atoms with van der Waals surface area (Å²) in [5, 5.41) is 11.8. The molecule has 5 heteroatoms. The molecular weight excluding hydrogens is 232 g/mol. The lowest BCUT2D eigenvalue weighted by Gasteiger charge is -2.35. The second kappa shape index (κ2) is 7.36. The Kier molecular flexibility index (Phi) is 6.91. The van der Waals surface area contributed by atoms with E-state index >= 15 is 0 Å². The van der Waals surface area contributed by atoms with Crippen molar-refractivity contribution in [3.8, 4) is 0 Å². The van der Waals surface area contributed by atoms with Crippen LogP contribution in [0.15, 0.2) is 0 Å². The Balaban J connectivity index is 4.46. The third-order valence-corrected chi connectivity index (χ3v) is 2.87. The summed E-state index contributed by atoms with van der Waals surface area (Å²) in [6.07, 6.45) is 0.935. The van der Waals surface area contributed by atoms with Gasteiger partial charge in [0.2, 0.25) is 5.91 Å². The molecule has 5 nitrogen and oxygen atoms in total. The second-order valence-corrected chi connectivity index (χ2v) is 5.55. The van der Waals surface area contributed by atoms with Crippen molar-refractivity contribution in [3.63, 3.8) is 0 Å². The number of carboxylic acid groups (broad SMARTS) is 1. The average Bonchev–Trinajstić information content (AvgIpc) is 2.23. The lowest BCUT2D eigenvalue weighted by Crippen LogP contribution is -2.50. The van der Waals surface area contributed by atoms with Gasteiger partial charge in [0, 0.05) is 18.1 Å². The maximum atomic E-state index is 12.1. The summed E-state index contributed by atoms with van der Waals surface area (Å²) in [7, 11) is 0. The van der Waals surface area contributed by atoms with E-state index in [1.807, 2.05) is 34.6 Å². The first kappa shape index (κ1) is 16.9. The summed E-state index contributed by atoms with van der Waals surface area (Å²) in [6.45, 7) is 10.3. The van der Waals surface area contributed by atoms with E-state index in [9.17, 15) is 9.59 Å². The van der Waals surface area contributed by atoms with E-state index in [4.69, 9.17) is 5.11 Å². The largest absolute Gasteiger partial charge is 0.481 e. The Morgan fingerprint density at radius 3 is 2.28 bits per heavy atom. The van der Waals surface area contributed by atoms with Gasteiger partial charge in [0.15, 0.2) is 0 Å². The smallest absolute Gasteiger partial charge is 0.305 e. The lowest BCUT2D eigenvalue weighted by atomic mass is 10.1. The van der Waals surface area contributed by atoms with Gasteiger partial charge >= 0.3 is 5.97 Å². The van der Waals surface area contributed by atoms with Gasteiger partial charge in [-0.2, -0.15) is 0 Å². The second-order valence-electron chi connectivity index (χ2n) is 5.55. The molecule has 0 heterocycles. The lowest BCUT2D eigenvalue weighted by molar-refractivity contribution is -0.140. The van der Waals surface area contributed by atoms with E-state index in [2.05, 4.69) is 5.32 Å². The standard InChI is InChI=1S/C13H26N2O3/c1-6-10(2)14-9-11(16)15(13(3,4)5)8-7-12(17)18/h10,14H,6-9H2,1-5H3,(H,17,18). The molecule has 0 saturated heterocycles. The SMILES string of the molecule is CCC(C)NCC(=O)N(CCC(=O)O)C(C)(C)C. The fraction of sp³-hybridized carbons (Fsp3) is 0.846. The van der Waals surface area contributed by atoms with Crippen LogP contribution in [0.4, 0.5) is 0 Å². The fourth-order valence-corrected chi connectivity index (χ4v) is 1.54. The van der Waals surface area contributed by atoms with Crippen molar-refractivity contribution < 1.29 is 14.7 Å². The highest BCUT2D eigenvalue weighted by Gasteiger charge is 2.26. The molecule has 1 atom stereocenters. The number of carbonyl (C=O) groups is 2. The van der Waals surface area contributed by atoms with Crippen LogP contribution in [0.25, 0.3) is 0 Å². The summed E-state index contributed by atoms with van der Waals surface area (Å²) in [5.41, 5.74) is -0.357. The Labute approximate surface area is 110 Å². The molecule has 18 heavy (non-hydrogen) atoms. The quantitative estimate of drug-likeness (QED) is 0.725. The van der Waals surface area contributed by atoms with Crippen LogP contribution in [-0.4, -0.2) is 46.6 Å². The predicted molar refractivity (Wildman–Crippen MR) is 71.5 cm³/mol. The molecule has 106 valence electrons. The van der Waals surface area contributed by atoms with Crippen molar-refractivity contribution in [1.82, 2.24) is 10.2 Å². The molecule has 0 aromatic rings. The van der Waals surface area contributed by atoms with Crippen LogP contribution in [0.1, 0.15) is 47.5 Å². The molecular formula is C13H26N2O3. The minimum Gasteiger partial charge on any atom is -0.481 e. The van der Waals surface area contributed by atoms with E-state index in [-0.39, 0.29) is 37.0 Å². The van der Waals surface area contributed by atoms with Crippen molar-refractivity contribution in [3.05, 3.63) is 0 Å². The van der Waals surface area contributed by atoms with Crippen LogP contribution in [0.3, 0.4) is 0 Å². The zero-order valence-corrected chi connectivity index (χ0v) is 12.1. The van der Waals surface area contributed by atoms with E-state index in [0.29, 0.717) is 0 Å². The van der Waals surface area contributed by atoms with Crippen molar-refractivity contribution in [2.75, 3.05) is 13.1 Å². The number of hydrogen-bond donors (Lipinski definition) is 2. The highest BCUT2D eigenvalue weighted by Crippen LogP contribution is 2.13. The normalized spacial score (nSPS) is 13.2. The van der Waals surface area contributed by atoms with E-state index in [0.717, 1.165) is 6.42 Å². The molecule has 0 spiro atoms. The topological polar surface area (TPSA) is 69.6 Å². The van der Waals surface area contributed by atoms with Crippen LogP contribution in [0, 0.1) is 0 Å². The van der Waals surface area contributed by atoms with Crippen LogP contribution in [0.5, 0.6) is 0 Å². The third kappa shape index (κ3) is 6.59. The summed E-state index contributed by atoms with van der Waals surface area (Å²) in [4.78, 5) is 24.3. The molecule has 0 aromatic heterocycles. The number of amides is 1. The first-order valence-corrected chi connectivity index (χ1v) is 6.44. The highest BCUT2D eigenvalue weighted by molar-refractivity contribution is 5.79. The molecule has 2 N–H and O–H groups in total. The highest BCUT2D eigenvalue weighted by atomic mass is 16.4. The maximum absolute atomic E-state index is 12.1. The van der Waals surface area contributed by atoms with Crippen LogP contribution < -0.4 is 5.32 Å². The van der Waals surface area contributed by atoms with Gasteiger partial charge in [-0.05, 0) is 34.1 Å². The molecule has 0 aliphatic carbocycles. The predicted octanol–water partition coefficient (Wildman–Crippen LogP) is 1.48. The van der Waals surface area contributed by atoms with Gasteiger partial charge in [-0.15, -0.1) is 0 Å². The maximum Gasteiger partial charge on any atom is 0.305 e. The molecule has 0 saturated carbocycles. The summed E-state index contributed by atoms with van der Waals surface area (Å²) < 4.78 is 0. The number of nitrogens with zero attached hydrogens (tertiary/aromatic N) is 1. The number of carboxylic acids is 1. The zero-order valence-electron chi connectivity index (χ0n) is 12.1. The van der Waals surface area contributed by atoms with E-state index in [1.165, 1.54) is 0 Å². The number of nitrogens with one attached hydrogen (secondary N) is 1. The average molecular weight is 258 g/mol. The number of carbonyl (C=O) groups excluding carboxylic acids is 1. The number of rotatable bonds is 7. The first-order chi connectivity index (χ1) is 8.18. The molecule has 0 rings (SSSR count). The minimum atomic E-state index is -0.882. The first-order valence-electron chi connectivity index (χ1n) is 6.44. The third-order valence-electron chi connectivity index (χ3n) is 2.87.